The smallest absolute Gasteiger partial charge is 0.128 e. The molecule has 1 aromatic rings. The second kappa shape index (κ2) is 4.21. The minimum Gasteiger partial charge on any atom is -0.493 e. The van der Waals surface area contributed by atoms with E-state index in [0.29, 0.717) is 0 Å². The van der Waals surface area contributed by atoms with Crippen molar-refractivity contribution < 1.29 is 9.84 Å². The van der Waals surface area contributed by atoms with Crippen molar-refractivity contribution in [1.29, 1.82) is 0 Å². The van der Waals surface area contributed by atoms with Gasteiger partial charge in [-0.25, -0.2) is 0 Å². The van der Waals surface area contributed by atoms with Crippen LogP contribution < -0.4 is 4.74 Å². The molecule has 0 saturated carbocycles. The highest BCUT2D eigenvalue weighted by atomic mass is 32.2. The lowest BCUT2D eigenvalue weighted by molar-refractivity contribution is 0.131. The van der Waals surface area contributed by atoms with Gasteiger partial charge in [-0.15, -0.1) is 0 Å². The zero-order chi connectivity index (χ0) is 11.9. The molecule has 1 aromatic carbocycles. The number of benzene rings is 1. The van der Waals surface area contributed by atoms with Crippen molar-refractivity contribution in [3.8, 4) is 5.75 Å². The summed E-state index contributed by atoms with van der Waals surface area (Å²) in [6, 6.07) is 6.15. The Bertz CT molecular complexity index is 424. The average molecular weight is 250 g/mol. The van der Waals surface area contributed by atoms with Gasteiger partial charge in [0.1, 0.15) is 5.75 Å². The van der Waals surface area contributed by atoms with Crippen LogP contribution >= 0.6 is 11.8 Å². The number of aliphatic hydroxyl groups excluding tert-OH is 1. The van der Waals surface area contributed by atoms with Gasteiger partial charge >= 0.3 is 0 Å². The van der Waals surface area contributed by atoms with Crippen molar-refractivity contribution in [1.82, 2.24) is 0 Å². The highest BCUT2D eigenvalue weighted by molar-refractivity contribution is 8.00. The van der Waals surface area contributed by atoms with E-state index in [0.717, 1.165) is 36.5 Å². The Morgan fingerprint density at radius 1 is 1.47 bits per heavy atom. The third-order valence-corrected chi connectivity index (χ3v) is 5.45. The summed E-state index contributed by atoms with van der Waals surface area (Å²) in [7, 11) is 0. The van der Waals surface area contributed by atoms with E-state index >= 15 is 0 Å². The van der Waals surface area contributed by atoms with Gasteiger partial charge in [0.25, 0.3) is 0 Å². The first kappa shape index (κ1) is 11.4. The van der Waals surface area contributed by atoms with E-state index in [1.165, 1.54) is 12.0 Å². The van der Waals surface area contributed by atoms with Gasteiger partial charge in [-0.3, -0.25) is 0 Å². The summed E-state index contributed by atoms with van der Waals surface area (Å²) in [6.07, 6.45) is 2.85. The highest BCUT2D eigenvalue weighted by Crippen LogP contribution is 2.49. The zero-order valence-corrected chi connectivity index (χ0v) is 10.9. The number of hydrogen-bond donors (Lipinski definition) is 1. The van der Waals surface area contributed by atoms with E-state index in [1.807, 2.05) is 23.9 Å². The summed E-state index contributed by atoms with van der Waals surface area (Å²) in [5, 5.41) is 10.6. The number of ether oxygens (including phenoxy) is 1. The largest absolute Gasteiger partial charge is 0.493 e. The summed E-state index contributed by atoms with van der Waals surface area (Å²) in [5.74, 6) is 2.09. The second-order valence-corrected chi connectivity index (χ2v) is 6.73. The van der Waals surface area contributed by atoms with E-state index in [-0.39, 0.29) is 4.75 Å². The van der Waals surface area contributed by atoms with E-state index in [9.17, 15) is 5.11 Å². The summed E-state index contributed by atoms with van der Waals surface area (Å²) < 4.78 is 5.65. The third-order valence-electron chi connectivity index (χ3n) is 3.87. The minimum absolute atomic E-state index is 0.0406. The molecule has 1 N–H and O–H groups in total. The molecule has 2 aliphatic heterocycles. The van der Waals surface area contributed by atoms with Gasteiger partial charge in [-0.2, -0.15) is 11.8 Å². The molecule has 0 radical (unpaired) electrons. The molecule has 0 aliphatic carbocycles. The molecule has 2 unspecified atom stereocenters. The van der Waals surface area contributed by atoms with Gasteiger partial charge in [0.15, 0.2) is 0 Å². The summed E-state index contributed by atoms with van der Waals surface area (Å²) in [5.41, 5.74) is 2.23. The van der Waals surface area contributed by atoms with Gasteiger partial charge < -0.3 is 9.84 Å². The van der Waals surface area contributed by atoms with Crippen molar-refractivity contribution in [3.63, 3.8) is 0 Å². The molecule has 2 aliphatic rings. The Hall–Kier alpha value is -0.670. The lowest BCUT2D eigenvalue weighted by Crippen LogP contribution is -2.26. The van der Waals surface area contributed by atoms with Crippen LogP contribution in [0.1, 0.15) is 37.0 Å². The highest BCUT2D eigenvalue weighted by Gasteiger charge is 2.39. The maximum Gasteiger partial charge on any atom is 0.128 e. The Balaban J connectivity index is 1.96. The molecule has 0 spiro atoms. The summed E-state index contributed by atoms with van der Waals surface area (Å²) in [4.78, 5) is 0. The second-order valence-electron chi connectivity index (χ2n) is 5.10. The molecule has 1 saturated heterocycles. The molecular weight excluding hydrogens is 232 g/mol. The van der Waals surface area contributed by atoms with Crippen molar-refractivity contribution in [2.24, 2.45) is 0 Å². The van der Waals surface area contributed by atoms with Crippen LogP contribution in [-0.2, 0) is 6.42 Å². The standard InChI is InChI=1S/C14H18O2S/c1-14(7-3-9-17-14)13(15)11-5-2-4-10-6-8-16-12(10)11/h2,4-5,13,15H,3,6-9H2,1H3. The fraction of sp³-hybridized carbons (Fsp3) is 0.571. The van der Waals surface area contributed by atoms with Crippen LogP contribution in [0, 0.1) is 0 Å². The van der Waals surface area contributed by atoms with E-state index in [4.69, 9.17) is 4.74 Å². The molecule has 92 valence electrons. The Kier molecular flexibility index (Phi) is 2.83. The van der Waals surface area contributed by atoms with Gasteiger partial charge in [0.05, 0.1) is 12.7 Å². The molecule has 3 rings (SSSR count). The first-order valence-electron chi connectivity index (χ1n) is 6.27. The van der Waals surface area contributed by atoms with Crippen LogP contribution in [0.5, 0.6) is 5.75 Å². The number of rotatable bonds is 2. The topological polar surface area (TPSA) is 29.5 Å². The monoisotopic (exact) mass is 250 g/mol. The molecular formula is C14H18O2S. The van der Waals surface area contributed by atoms with Gasteiger partial charge in [0.2, 0.25) is 0 Å². The SMILES string of the molecule is CC1(C(O)c2cccc3c2OCC3)CCCS1. The van der Waals surface area contributed by atoms with E-state index in [1.54, 1.807) is 0 Å². The molecule has 2 atom stereocenters. The summed E-state index contributed by atoms with van der Waals surface area (Å²) >= 11 is 1.89. The van der Waals surface area contributed by atoms with Crippen molar-refractivity contribution in [2.75, 3.05) is 12.4 Å². The molecule has 3 heteroatoms. The Morgan fingerprint density at radius 2 is 2.35 bits per heavy atom. The minimum atomic E-state index is -0.414. The predicted molar refractivity (Wildman–Crippen MR) is 70.7 cm³/mol. The zero-order valence-electron chi connectivity index (χ0n) is 10.1. The van der Waals surface area contributed by atoms with E-state index < -0.39 is 6.10 Å². The molecule has 2 nitrogen and oxygen atoms in total. The molecule has 0 bridgehead atoms. The normalized spacial score (nSPS) is 28.8. The molecule has 17 heavy (non-hydrogen) atoms. The van der Waals surface area contributed by atoms with Crippen LogP contribution in [-0.4, -0.2) is 22.2 Å². The van der Waals surface area contributed by atoms with Crippen LogP contribution in [0.25, 0.3) is 0 Å². The van der Waals surface area contributed by atoms with Crippen LogP contribution in [0.15, 0.2) is 18.2 Å². The molecule has 0 aromatic heterocycles. The van der Waals surface area contributed by atoms with Crippen LogP contribution in [0.2, 0.25) is 0 Å². The number of para-hydroxylation sites is 1. The van der Waals surface area contributed by atoms with Crippen LogP contribution in [0.3, 0.4) is 0 Å². The maximum atomic E-state index is 10.6. The van der Waals surface area contributed by atoms with Crippen molar-refractivity contribution in [3.05, 3.63) is 29.3 Å². The predicted octanol–water partition coefficient (Wildman–Crippen LogP) is 2.94. The Labute approximate surface area is 106 Å². The lowest BCUT2D eigenvalue weighted by atomic mass is 9.91. The number of thioether (sulfide) groups is 1. The number of hydrogen-bond acceptors (Lipinski definition) is 3. The number of fused-ring (bicyclic) bond motifs is 1. The Morgan fingerprint density at radius 3 is 3.12 bits per heavy atom. The number of aliphatic hydroxyl groups is 1. The fourth-order valence-corrected chi connectivity index (χ4v) is 4.13. The van der Waals surface area contributed by atoms with Crippen molar-refractivity contribution in [2.45, 2.75) is 37.0 Å². The first-order valence-corrected chi connectivity index (χ1v) is 7.26. The molecule has 2 heterocycles. The third kappa shape index (κ3) is 1.85. The van der Waals surface area contributed by atoms with Gasteiger partial charge in [0, 0.05) is 16.7 Å². The summed E-state index contributed by atoms with van der Waals surface area (Å²) in [6.45, 7) is 2.92. The van der Waals surface area contributed by atoms with Crippen LogP contribution in [0.4, 0.5) is 0 Å². The van der Waals surface area contributed by atoms with E-state index in [2.05, 4.69) is 13.0 Å². The maximum absolute atomic E-state index is 10.6. The van der Waals surface area contributed by atoms with Gasteiger partial charge in [-0.1, -0.05) is 18.2 Å². The quantitative estimate of drug-likeness (QED) is 0.875. The molecule has 1 fully saturated rings. The first-order chi connectivity index (χ1) is 8.21. The lowest BCUT2D eigenvalue weighted by Gasteiger charge is -2.30. The van der Waals surface area contributed by atoms with Gasteiger partial charge in [-0.05, 0) is 31.1 Å². The molecule has 0 amide bonds. The average Bonchev–Trinajstić information content (AvgIpc) is 2.96. The fourth-order valence-electron chi connectivity index (χ4n) is 2.80. The van der Waals surface area contributed by atoms with Crippen molar-refractivity contribution >= 4 is 11.8 Å².